The molecule has 0 aliphatic heterocycles. The summed E-state index contributed by atoms with van der Waals surface area (Å²) in [4.78, 5) is 12.3. The largest absolute Gasteiger partial charge is 0.508 e. The number of nitrogens with one attached hydrogen (secondary N) is 1. The summed E-state index contributed by atoms with van der Waals surface area (Å²) in [6.07, 6.45) is -2.59. The first-order valence-electron chi connectivity index (χ1n) is 11.1. The molecule has 0 bridgehead atoms. The van der Waals surface area contributed by atoms with Crippen LogP contribution in [0, 0.1) is 13.8 Å². The third-order valence-electron chi connectivity index (χ3n) is 6.29. The van der Waals surface area contributed by atoms with Crippen molar-refractivity contribution in [3.8, 4) is 16.9 Å². The molecule has 6 heteroatoms. The molecule has 0 radical (unpaired) electrons. The van der Waals surface area contributed by atoms with Gasteiger partial charge in [0.2, 0.25) is 0 Å². The Bertz CT molecular complexity index is 1090. The predicted molar refractivity (Wildman–Crippen MR) is 126 cm³/mol. The minimum absolute atomic E-state index is 0.0176. The molecular formula is C27H29NO5. The van der Waals surface area contributed by atoms with Gasteiger partial charge in [-0.1, -0.05) is 48.5 Å². The highest BCUT2D eigenvalue weighted by atomic mass is 16.5. The van der Waals surface area contributed by atoms with Crippen molar-refractivity contribution in [2.45, 2.75) is 38.4 Å². The number of aromatic hydroxyl groups is 1. The lowest BCUT2D eigenvalue weighted by atomic mass is 9.93. The van der Waals surface area contributed by atoms with Crippen molar-refractivity contribution in [1.82, 2.24) is 5.32 Å². The van der Waals surface area contributed by atoms with E-state index in [4.69, 9.17) is 4.74 Å². The van der Waals surface area contributed by atoms with Crippen molar-refractivity contribution < 1.29 is 24.9 Å². The number of amides is 1. The number of benzene rings is 3. The number of fused-ring (bicyclic) bond motifs is 3. The van der Waals surface area contributed by atoms with Crippen LogP contribution in [0.15, 0.2) is 60.7 Å². The average molecular weight is 448 g/mol. The maximum Gasteiger partial charge on any atom is 0.407 e. The number of carbonyl (C=O) groups excluding carboxylic acids is 1. The molecule has 1 aliphatic rings. The fourth-order valence-corrected chi connectivity index (χ4v) is 4.74. The van der Waals surface area contributed by atoms with Crippen molar-refractivity contribution >= 4 is 6.09 Å². The number of hydrogen-bond donors (Lipinski definition) is 4. The summed E-state index contributed by atoms with van der Waals surface area (Å²) < 4.78 is 5.50. The molecule has 0 spiro atoms. The number of phenols is 1. The average Bonchev–Trinajstić information content (AvgIpc) is 3.10. The summed E-state index contributed by atoms with van der Waals surface area (Å²) in [5.41, 5.74) is 6.60. The fourth-order valence-electron chi connectivity index (χ4n) is 4.74. The van der Waals surface area contributed by atoms with Crippen molar-refractivity contribution in [2.24, 2.45) is 0 Å². The van der Waals surface area contributed by atoms with Crippen molar-refractivity contribution in [3.63, 3.8) is 0 Å². The number of aliphatic hydroxyl groups excluding tert-OH is 2. The Morgan fingerprint density at radius 3 is 2.09 bits per heavy atom. The molecule has 4 N–H and O–H groups in total. The number of aliphatic hydroxyl groups is 2. The van der Waals surface area contributed by atoms with E-state index in [1.165, 1.54) is 11.1 Å². The van der Waals surface area contributed by atoms with Crippen LogP contribution in [0.3, 0.4) is 0 Å². The summed E-state index contributed by atoms with van der Waals surface area (Å²) >= 11 is 0. The number of phenolic OH excluding ortho intramolecular Hbond substituents is 1. The first-order chi connectivity index (χ1) is 15.9. The molecule has 3 aromatic carbocycles. The first kappa shape index (κ1) is 22.8. The second-order valence-corrected chi connectivity index (χ2v) is 8.55. The zero-order valence-electron chi connectivity index (χ0n) is 18.8. The van der Waals surface area contributed by atoms with E-state index in [0.717, 1.165) is 11.1 Å². The van der Waals surface area contributed by atoms with Gasteiger partial charge in [-0.2, -0.15) is 0 Å². The van der Waals surface area contributed by atoms with Gasteiger partial charge in [0.25, 0.3) is 0 Å². The normalized spacial score (nSPS) is 14.3. The molecule has 3 aromatic rings. The van der Waals surface area contributed by atoms with E-state index < -0.39 is 18.3 Å². The molecule has 33 heavy (non-hydrogen) atoms. The quantitative estimate of drug-likeness (QED) is 0.432. The highest BCUT2D eigenvalue weighted by Gasteiger charge is 2.29. The smallest absolute Gasteiger partial charge is 0.407 e. The van der Waals surface area contributed by atoms with Gasteiger partial charge in [0.1, 0.15) is 18.5 Å². The van der Waals surface area contributed by atoms with Crippen LogP contribution in [-0.4, -0.2) is 40.7 Å². The van der Waals surface area contributed by atoms with E-state index in [1.807, 2.05) is 24.3 Å². The van der Waals surface area contributed by atoms with Gasteiger partial charge in [-0.05, 0) is 71.3 Å². The Balaban J connectivity index is 1.30. The van der Waals surface area contributed by atoms with E-state index in [1.54, 1.807) is 26.0 Å². The number of alkyl carbamates (subject to hydrolysis) is 1. The molecule has 1 amide bonds. The topological polar surface area (TPSA) is 99.0 Å². The van der Waals surface area contributed by atoms with Crippen LogP contribution in [0.1, 0.15) is 46.3 Å². The van der Waals surface area contributed by atoms with Crippen LogP contribution >= 0.6 is 0 Å². The minimum atomic E-state index is -1.12. The Labute approximate surface area is 193 Å². The van der Waals surface area contributed by atoms with Crippen molar-refractivity contribution in [1.29, 1.82) is 0 Å². The molecule has 0 fully saturated rings. The molecule has 0 aromatic heterocycles. The number of carbonyl (C=O) groups is 1. The first-order valence-corrected chi connectivity index (χ1v) is 11.1. The molecule has 2 unspecified atom stereocenters. The molecule has 0 saturated heterocycles. The zero-order valence-corrected chi connectivity index (χ0v) is 18.8. The summed E-state index contributed by atoms with van der Waals surface area (Å²) in [6.45, 7) is 3.92. The number of ether oxygens (including phenoxy) is 1. The second kappa shape index (κ2) is 9.65. The van der Waals surface area contributed by atoms with Crippen LogP contribution in [0.5, 0.6) is 5.75 Å². The predicted octanol–water partition coefficient (Wildman–Crippen LogP) is 4.33. The third-order valence-corrected chi connectivity index (χ3v) is 6.29. The number of rotatable bonds is 7. The summed E-state index contributed by atoms with van der Waals surface area (Å²) in [7, 11) is 0. The molecular weight excluding hydrogens is 418 g/mol. The maximum absolute atomic E-state index is 12.3. The monoisotopic (exact) mass is 447 g/mol. The summed E-state index contributed by atoms with van der Waals surface area (Å²) in [6, 6.07) is 19.4. The summed E-state index contributed by atoms with van der Waals surface area (Å²) in [5.74, 6) is 0.100. The lowest BCUT2D eigenvalue weighted by Gasteiger charge is -2.22. The van der Waals surface area contributed by atoms with E-state index in [-0.39, 0.29) is 31.2 Å². The molecule has 0 heterocycles. The molecule has 0 saturated carbocycles. The van der Waals surface area contributed by atoms with Crippen LogP contribution in [0.25, 0.3) is 11.1 Å². The van der Waals surface area contributed by atoms with Gasteiger partial charge in [-0.15, -0.1) is 0 Å². The van der Waals surface area contributed by atoms with Crippen LogP contribution in [-0.2, 0) is 4.74 Å². The van der Waals surface area contributed by atoms with Gasteiger partial charge in [-0.3, -0.25) is 0 Å². The third kappa shape index (κ3) is 4.72. The van der Waals surface area contributed by atoms with Crippen LogP contribution < -0.4 is 5.32 Å². The molecule has 4 rings (SSSR count). The standard InChI is InChI=1S/C27H29NO5/c1-16-13-18(29)14-17(2)25(16)26(31)24(30)11-12-28-27(32)33-15-23-21-9-5-3-7-19(21)20-8-4-6-10-22(20)23/h3-10,13-14,23-24,26,29-31H,11-12,15H2,1-2H3,(H,28,32). The van der Waals surface area contributed by atoms with Gasteiger partial charge in [-0.25, -0.2) is 4.79 Å². The zero-order chi connectivity index (χ0) is 23.5. The van der Waals surface area contributed by atoms with E-state index in [0.29, 0.717) is 16.7 Å². The molecule has 172 valence electrons. The van der Waals surface area contributed by atoms with Gasteiger partial charge < -0.3 is 25.4 Å². The number of aryl methyl sites for hydroxylation is 2. The van der Waals surface area contributed by atoms with E-state index >= 15 is 0 Å². The van der Waals surface area contributed by atoms with Gasteiger partial charge in [0.05, 0.1) is 6.10 Å². The van der Waals surface area contributed by atoms with Gasteiger partial charge >= 0.3 is 6.09 Å². The lowest BCUT2D eigenvalue weighted by Crippen LogP contribution is -2.31. The van der Waals surface area contributed by atoms with E-state index in [9.17, 15) is 20.1 Å². The maximum atomic E-state index is 12.3. The molecule has 1 aliphatic carbocycles. The minimum Gasteiger partial charge on any atom is -0.508 e. The Morgan fingerprint density at radius 1 is 0.970 bits per heavy atom. The Morgan fingerprint density at radius 2 is 1.52 bits per heavy atom. The van der Waals surface area contributed by atoms with Crippen LogP contribution in [0.4, 0.5) is 4.79 Å². The van der Waals surface area contributed by atoms with E-state index in [2.05, 4.69) is 29.6 Å². The van der Waals surface area contributed by atoms with Crippen molar-refractivity contribution in [3.05, 3.63) is 88.5 Å². The highest BCUT2D eigenvalue weighted by Crippen LogP contribution is 2.44. The highest BCUT2D eigenvalue weighted by molar-refractivity contribution is 5.79. The van der Waals surface area contributed by atoms with Gasteiger partial charge in [0.15, 0.2) is 0 Å². The lowest BCUT2D eigenvalue weighted by molar-refractivity contribution is 0.0129. The summed E-state index contributed by atoms with van der Waals surface area (Å²) in [5, 5.41) is 33.3. The second-order valence-electron chi connectivity index (χ2n) is 8.55. The Hall–Kier alpha value is -3.35. The van der Waals surface area contributed by atoms with Crippen LogP contribution in [0.2, 0.25) is 0 Å². The number of hydrogen-bond acceptors (Lipinski definition) is 5. The van der Waals surface area contributed by atoms with Gasteiger partial charge in [0, 0.05) is 12.5 Å². The SMILES string of the molecule is Cc1cc(O)cc(C)c1C(O)C(O)CCNC(=O)OCC1c2ccccc2-c2ccccc21. The van der Waals surface area contributed by atoms with Crippen molar-refractivity contribution in [2.75, 3.05) is 13.2 Å². The molecule has 6 nitrogen and oxygen atoms in total. The molecule has 2 atom stereocenters. The fraction of sp³-hybridized carbons (Fsp3) is 0.296. The Kier molecular flexibility index (Phi) is 6.67.